The summed E-state index contributed by atoms with van der Waals surface area (Å²) in [6.07, 6.45) is 0. The highest BCUT2D eigenvalue weighted by molar-refractivity contribution is 8.00. The quantitative estimate of drug-likeness (QED) is 0.616. The summed E-state index contributed by atoms with van der Waals surface area (Å²) in [4.78, 5) is 24.3. The van der Waals surface area contributed by atoms with E-state index in [4.69, 9.17) is 14.2 Å². The third-order valence-electron chi connectivity index (χ3n) is 3.38. The molecular formula is C18H16FNO5S. The van der Waals surface area contributed by atoms with Gasteiger partial charge in [-0.3, -0.25) is 9.59 Å². The minimum Gasteiger partial charge on any atom is -0.486 e. The van der Waals surface area contributed by atoms with E-state index >= 15 is 0 Å². The Labute approximate surface area is 153 Å². The second kappa shape index (κ2) is 8.57. The first-order valence-corrected chi connectivity index (χ1v) is 8.83. The Morgan fingerprint density at radius 2 is 1.88 bits per heavy atom. The number of hydrogen-bond acceptors (Lipinski definition) is 6. The predicted octanol–water partition coefficient (Wildman–Crippen LogP) is 2.87. The summed E-state index contributed by atoms with van der Waals surface area (Å²) >= 11 is 1.26. The van der Waals surface area contributed by atoms with Crippen molar-refractivity contribution in [2.24, 2.45) is 0 Å². The molecule has 26 heavy (non-hydrogen) atoms. The smallest absolute Gasteiger partial charge is 0.316 e. The summed E-state index contributed by atoms with van der Waals surface area (Å²) in [6.45, 7) is 0.524. The maximum atomic E-state index is 13.4. The summed E-state index contributed by atoms with van der Waals surface area (Å²) < 4.78 is 29.2. The van der Waals surface area contributed by atoms with Crippen LogP contribution in [0.4, 0.5) is 10.1 Å². The Hall–Kier alpha value is -2.74. The highest BCUT2D eigenvalue weighted by Gasteiger charge is 2.14. The predicted molar refractivity (Wildman–Crippen MR) is 94.1 cm³/mol. The molecule has 0 unspecified atom stereocenters. The number of halogens is 1. The van der Waals surface area contributed by atoms with Gasteiger partial charge in [0.15, 0.2) is 18.1 Å². The molecule has 1 aliphatic rings. The molecule has 1 N–H and O–H groups in total. The fourth-order valence-corrected chi connectivity index (χ4v) is 2.91. The molecule has 0 radical (unpaired) electrons. The fourth-order valence-electron chi connectivity index (χ4n) is 2.19. The summed E-state index contributed by atoms with van der Waals surface area (Å²) in [6, 6.07) is 11.1. The lowest BCUT2D eigenvalue weighted by atomic mass is 10.3. The molecule has 1 aliphatic heterocycles. The normalized spacial score (nSPS) is 12.3. The SMILES string of the molecule is O=C(COC(=O)CSc1ccc2c(c1)OCCO2)Nc1ccccc1F. The molecule has 0 saturated carbocycles. The first kappa shape index (κ1) is 18.1. The molecule has 0 aliphatic carbocycles. The second-order valence-corrected chi connectivity index (χ2v) is 6.33. The van der Waals surface area contributed by atoms with Crippen LogP contribution in [0, 0.1) is 5.82 Å². The molecule has 136 valence electrons. The van der Waals surface area contributed by atoms with Crippen LogP contribution in [0.5, 0.6) is 11.5 Å². The Kier molecular flexibility index (Phi) is 5.96. The number of esters is 1. The van der Waals surface area contributed by atoms with Crippen LogP contribution in [0.1, 0.15) is 0 Å². The number of nitrogens with one attached hydrogen (secondary N) is 1. The number of amides is 1. The molecule has 3 rings (SSSR count). The third-order valence-corrected chi connectivity index (χ3v) is 4.35. The summed E-state index contributed by atoms with van der Waals surface area (Å²) in [5.41, 5.74) is 0.0409. The van der Waals surface area contributed by atoms with E-state index in [0.717, 1.165) is 4.90 Å². The number of anilines is 1. The maximum absolute atomic E-state index is 13.4. The number of carbonyl (C=O) groups excluding carboxylic acids is 2. The molecule has 1 amide bonds. The lowest BCUT2D eigenvalue weighted by molar-refractivity contribution is -0.144. The van der Waals surface area contributed by atoms with Gasteiger partial charge < -0.3 is 19.5 Å². The van der Waals surface area contributed by atoms with Crippen LogP contribution in [0.3, 0.4) is 0 Å². The Balaban J connectivity index is 1.43. The van der Waals surface area contributed by atoms with E-state index in [0.29, 0.717) is 24.7 Å². The van der Waals surface area contributed by atoms with Crippen molar-refractivity contribution in [1.82, 2.24) is 0 Å². The standard InChI is InChI=1S/C18H16FNO5S/c19-13-3-1-2-4-14(13)20-17(21)10-25-18(22)11-26-12-5-6-15-16(9-12)24-8-7-23-15/h1-6,9H,7-8,10-11H2,(H,20,21). The van der Waals surface area contributed by atoms with Gasteiger partial charge in [0.25, 0.3) is 5.91 Å². The van der Waals surface area contributed by atoms with Crippen LogP contribution >= 0.6 is 11.8 Å². The van der Waals surface area contributed by atoms with Gasteiger partial charge in [-0.05, 0) is 30.3 Å². The van der Waals surface area contributed by atoms with Crippen LogP contribution in [0.2, 0.25) is 0 Å². The molecule has 2 aromatic rings. The number of para-hydroxylation sites is 1. The van der Waals surface area contributed by atoms with Gasteiger partial charge in [-0.25, -0.2) is 4.39 Å². The molecule has 0 saturated heterocycles. The molecule has 0 bridgehead atoms. The van der Waals surface area contributed by atoms with E-state index in [9.17, 15) is 14.0 Å². The highest BCUT2D eigenvalue weighted by atomic mass is 32.2. The van der Waals surface area contributed by atoms with Gasteiger partial charge in [0, 0.05) is 4.90 Å². The number of hydrogen-bond donors (Lipinski definition) is 1. The molecule has 6 nitrogen and oxygen atoms in total. The third kappa shape index (κ3) is 4.89. The molecule has 1 heterocycles. The molecular weight excluding hydrogens is 361 g/mol. The molecule has 0 spiro atoms. The second-order valence-electron chi connectivity index (χ2n) is 5.28. The van der Waals surface area contributed by atoms with E-state index in [2.05, 4.69) is 5.32 Å². The number of ether oxygens (including phenoxy) is 3. The number of benzene rings is 2. The average molecular weight is 377 g/mol. The zero-order valence-corrected chi connectivity index (χ0v) is 14.5. The lowest BCUT2D eigenvalue weighted by Crippen LogP contribution is -2.22. The van der Waals surface area contributed by atoms with Crippen molar-refractivity contribution >= 4 is 29.3 Å². The van der Waals surface area contributed by atoms with Crippen LogP contribution in [-0.4, -0.2) is 37.4 Å². The van der Waals surface area contributed by atoms with Gasteiger partial charge in [0.2, 0.25) is 0 Å². The molecule has 0 aromatic heterocycles. The first-order valence-electron chi connectivity index (χ1n) is 7.84. The van der Waals surface area contributed by atoms with Gasteiger partial charge in [-0.2, -0.15) is 0 Å². The van der Waals surface area contributed by atoms with Crippen molar-refractivity contribution in [2.75, 3.05) is 30.9 Å². The van der Waals surface area contributed by atoms with Crippen molar-refractivity contribution in [3.63, 3.8) is 0 Å². The first-order chi connectivity index (χ1) is 12.6. The number of fused-ring (bicyclic) bond motifs is 1. The number of rotatable bonds is 6. The zero-order chi connectivity index (χ0) is 18.4. The summed E-state index contributed by atoms with van der Waals surface area (Å²) in [5.74, 6) is -0.360. The van der Waals surface area contributed by atoms with Gasteiger partial charge in [0.05, 0.1) is 11.4 Å². The van der Waals surface area contributed by atoms with Crippen LogP contribution < -0.4 is 14.8 Å². The Bertz CT molecular complexity index is 814. The summed E-state index contributed by atoms with van der Waals surface area (Å²) in [7, 11) is 0. The van der Waals surface area contributed by atoms with E-state index in [1.165, 1.54) is 30.0 Å². The topological polar surface area (TPSA) is 73.9 Å². The van der Waals surface area contributed by atoms with E-state index < -0.39 is 24.3 Å². The average Bonchev–Trinajstić information content (AvgIpc) is 2.66. The van der Waals surface area contributed by atoms with E-state index in [-0.39, 0.29) is 11.4 Å². The van der Waals surface area contributed by atoms with E-state index in [1.54, 1.807) is 18.2 Å². The van der Waals surface area contributed by atoms with Crippen LogP contribution in [-0.2, 0) is 14.3 Å². The maximum Gasteiger partial charge on any atom is 0.316 e. The minimum atomic E-state index is -0.604. The molecule has 0 atom stereocenters. The molecule has 8 heteroatoms. The van der Waals surface area contributed by atoms with Crippen molar-refractivity contribution in [2.45, 2.75) is 4.90 Å². The monoisotopic (exact) mass is 377 g/mol. The Morgan fingerprint density at radius 3 is 2.69 bits per heavy atom. The molecule has 0 fully saturated rings. The largest absolute Gasteiger partial charge is 0.486 e. The van der Waals surface area contributed by atoms with Gasteiger partial charge in [-0.1, -0.05) is 12.1 Å². The number of thioether (sulfide) groups is 1. The zero-order valence-electron chi connectivity index (χ0n) is 13.7. The number of carbonyl (C=O) groups is 2. The van der Waals surface area contributed by atoms with Gasteiger partial charge in [0.1, 0.15) is 19.0 Å². The van der Waals surface area contributed by atoms with Gasteiger partial charge in [-0.15, -0.1) is 11.8 Å². The summed E-state index contributed by atoms with van der Waals surface area (Å²) in [5, 5.41) is 2.35. The minimum absolute atomic E-state index is 0.0343. The molecule has 2 aromatic carbocycles. The van der Waals surface area contributed by atoms with Crippen LogP contribution in [0.25, 0.3) is 0 Å². The highest BCUT2D eigenvalue weighted by Crippen LogP contribution is 2.34. The Morgan fingerprint density at radius 1 is 1.12 bits per heavy atom. The van der Waals surface area contributed by atoms with Crippen molar-refractivity contribution in [3.05, 3.63) is 48.3 Å². The van der Waals surface area contributed by atoms with Gasteiger partial charge >= 0.3 is 5.97 Å². The van der Waals surface area contributed by atoms with Crippen molar-refractivity contribution in [1.29, 1.82) is 0 Å². The van der Waals surface area contributed by atoms with Crippen molar-refractivity contribution < 1.29 is 28.2 Å². The van der Waals surface area contributed by atoms with Crippen LogP contribution in [0.15, 0.2) is 47.4 Å². The lowest BCUT2D eigenvalue weighted by Gasteiger charge is -2.18. The fraction of sp³-hybridized carbons (Fsp3) is 0.222. The van der Waals surface area contributed by atoms with Crippen molar-refractivity contribution in [3.8, 4) is 11.5 Å². The van der Waals surface area contributed by atoms with E-state index in [1.807, 2.05) is 6.07 Å².